The van der Waals surface area contributed by atoms with Gasteiger partial charge in [0.1, 0.15) is 12.2 Å². The first-order valence-electron chi connectivity index (χ1n) is 21.3. The summed E-state index contributed by atoms with van der Waals surface area (Å²) in [6.07, 6.45) is 37.2. The molecule has 0 radical (unpaired) electrons. The molecule has 3 unspecified atom stereocenters. The van der Waals surface area contributed by atoms with Crippen molar-refractivity contribution < 1.29 is 47.8 Å². The quantitative estimate of drug-likeness (QED) is 0.0238. The van der Waals surface area contributed by atoms with Crippen LogP contribution in [0.15, 0.2) is 24.3 Å². The van der Waals surface area contributed by atoms with Crippen molar-refractivity contribution in [1.82, 2.24) is 0 Å². The molecule has 0 aliphatic rings. The summed E-state index contributed by atoms with van der Waals surface area (Å²) >= 11 is 0. The summed E-state index contributed by atoms with van der Waals surface area (Å²) < 4.78 is 32.5. The van der Waals surface area contributed by atoms with Crippen LogP contribution in [0.2, 0.25) is 0 Å². The first kappa shape index (κ1) is 51.5. The topological polar surface area (TPSA) is 149 Å². The SMILES string of the molecule is CCCCC/C=C\C/C=C\CCCCCCCC(=O)OC(CO)COP(=O)(O)OCC(CO)OC(=O)CCCCCCCCCCCCCCCCC. The van der Waals surface area contributed by atoms with E-state index in [-0.39, 0.29) is 12.8 Å². The Balaban J connectivity index is 3.94. The van der Waals surface area contributed by atoms with Gasteiger partial charge in [-0.1, -0.05) is 160 Å². The third-order valence-corrected chi connectivity index (χ3v) is 10.1. The van der Waals surface area contributed by atoms with E-state index >= 15 is 0 Å². The average molecular weight is 775 g/mol. The van der Waals surface area contributed by atoms with Crippen molar-refractivity contribution >= 4 is 19.8 Å². The number of carbonyl (C=O) groups excluding carboxylic acids is 2. The van der Waals surface area contributed by atoms with Crippen LogP contribution in [0.4, 0.5) is 0 Å². The number of hydrogen-bond acceptors (Lipinski definition) is 9. The van der Waals surface area contributed by atoms with Crippen LogP contribution >= 0.6 is 7.82 Å². The molecule has 0 aliphatic carbocycles. The van der Waals surface area contributed by atoms with Crippen LogP contribution in [-0.4, -0.2) is 65.7 Å². The fourth-order valence-corrected chi connectivity index (χ4v) is 6.63. The molecule has 0 rings (SSSR count). The minimum absolute atomic E-state index is 0.178. The van der Waals surface area contributed by atoms with Gasteiger partial charge in [0.2, 0.25) is 0 Å². The molecule has 312 valence electrons. The predicted molar refractivity (Wildman–Crippen MR) is 215 cm³/mol. The summed E-state index contributed by atoms with van der Waals surface area (Å²) in [6.45, 7) is 2.18. The highest BCUT2D eigenvalue weighted by molar-refractivity contribution is 7.47. The zero-order valence-electron chi connectivity index (χ0n) is 33.7. The third kappa shape index (κ3) is 37.2. The zero-order chi connectivity index (χ0) is 39.1. The monoisotopic (exact) mass is 775 g/mol. The van der Waals surface area contributed by atoms with E-state index in [4.69, 9.17) is 18.5 Å². The summed E-state index contributed by atoms with van der Waals surface area (Å²) in [7, 11) is -4.63. The molecule has 10 nitrogen and oxygen atoms in total. The molecule has 0 amide bonds. The molecule has 0 saturated carbocycles. The van der Waals surface area contributed by atoms with Crippen LogP contribution in [0.25, 0.3) is 0 Å². The Morgan fingerprint density at radius 2 is 0.830 bits per heavy atom. The minimum Gasteiger partial charge on any atom is -0.457 e. The lowest BCUT2D eigenvalue weighted by molar-refractivity contribution is -0.153. The number of unbranched alkanes of at least 4 members (excludes halogenated alkanes) is 22. The highest BCUT2D eigenvalue weighted by atomic mass is 31.2. The number of esters is 2. The lowest BCUT2D eigenvalue weighted by Crippen LogP contribution is -2.28. The van der Waals surface area contributed by atoms with Crippen LogP contribution in [0, 0.1) is 0 Å². The second-order valence-corrected chi connectivity index (χ2v) is 15.8. The summed E-state index contributed by atoms with van der Waals surface area (Å²) in [5.74, 6) is -1.03. The summed E-state index contributed by atoms with van der Waals surface area (Å²) in [5.41, 5.74) is 0. The predicted octanol–water partition coefficient (Wildman–Crippen LogP) is 11.0. The maximum Gasteiger partial charge on any atom is 0.472 e. The number of carbonyl (C=O) groups is 2. The molecule has 3 atom stereocenters. The van der Waals surface area contributed by atoms with Gasteiger partial charge in [-0.05, 0) is 44.9 Å². The molecule has 0 aromatic carbocycles. The van der Waals surface area contributed by atoms with Gasteiger partial charge in [0.15, 0.2) is 0 Å². The van der Waals surface area contributed by atoms with Crippen molar-refractivity contribution in [2.45, 2.75) is 206 Å². The largest absolute Gasteiger partial charge is 0.472 e. The van der Waals surface area contributed by atoms with E-state index < -0.39 is 58.4 Å². The van der Waals surface area contributed by atoms with Gasteiger partial charge in [0.05, 0.1) is 26.4 Å². The van der Waals surface area contributed by atoms with E-state index in [0.29, 0.717) is 12.8 Å². The van der Waals surface area contributed by atoms with Gasteiger partial charge >= 0.3 is 19.8 Å². The van der Waals surface area contributed by atoms with Crippen LogP contribution in [0.3, 0.4) is 0 Å². The molecule has 0 fully saturated rings. The first-order valence-corrected chi connectivity index (χ1v) is 22.8. The summed E-state index contributed by atoms with van der Waals surface area (Å²) in [6, 6.07) is 0. The normalized spacial score (nSPS) is 14.1. The fourth-order valence-electron chi connectivity index (χ4n) is 5.85. The maximum atomic E-state index is 12.3. The number of phosphoric acid groups is 1. The lowest BCUT2D eigenvalue weighted by Gasteiger charge is -2.20. The second kappa shape index (κ2) is 38.7. The number of phosphoric ester groups is 1. The Morgan fingerprint density at radius 3 is 1.21 bits per heavy atom. The van der Waals surface area contributed by atoms with Crippen molar-refractivity contribution in [2.24, 2.45) is 0 Å². The van der Waals surface area contributed by atoms with Gasteiger partial charge in [-0.3, -0.25) is 18.6 Å². The van der Waals surface area contributed by atoms with Crippen molar-refractivity contribution in [2.75, 3.05) is 26.4 Å². The van der Waals surface area contributed by atoms with E-state index in [9.17, 15) is 29.3 Å². The molecule has 0 bridgehead atoms. The molecule has 53 heavy (non-hydrogen) atoms. The highest BCUT2D eigenvalue weighted by Crippen LogP contribution is 2.43. The zero-order valence-corrected chi connectivity index (χ0v) is 34.6. The van der Waals surface area contributed by atoms with E-state index in [1.165, 1.54) is 89.9 Å². The van der Waals surface area contributed by atoms with E-state index in [1.807, 2.05) is 0 Å². The van der Waals surface area contributed by atoms with Crippen molar-refractivity contribution in [3.8, 4) is 0 Å². The van der Waals surface area contributed by atoms with Gasteiger partial charge in [-0.25, -0.2) is 4.57 Å². The van der Waals surface area contributed by atoms with Crippen LogP contribution in [0.5, 0.6) is 0 Å². The van der Waals surface area contributed by atoms with Crippen molar-refractivity contribution in [1.29, 1.82) is 0 Å². The number of aliphatic hydroxyl groups is 2. The molecular weight excluding hydrogens is 695 g/mol. The number of ether oxygens (including phenoxy) is 2. The molecule has 0 aromatic heterocycles. The van der Waals surface area contributed by atoms with Gasteiger partial charge in [-0.2, -0.15) is 0 Å². The van der Waals surface area contributed by atoms with Crippen molar-refractivity contribution in [3.05, 3.63) is 24.3 Å². The van der Waals surface area contributed by atoms with Gasteiger partial charge in [0, 0.05) is 12.8 Å². The van der Waals surface area contributed by atoms with Crippen molar-refractivity contribution in [3.63, 3.8) is 0 Å². The lowest BCUT2D eigenvalue weighted by atomic mass is 10.0. The Labute approximate surface area is 323 Å². The number of aliphatic hydroxyl groups excluding tert-OH is 2. The smallest absolute Gasteiger partial charge is 0.457 e. The number of allylic oxidation sites excluding steroid dienone is 4. The van der Waals surface area contributed by atoms with Crippen LogP contribution in [0.1, 0.15) is 194 Å². The Hall–Kier alpha value is -1.55. The third-order valence-electron chi connectivity index (χ3n) is 9.17. The molecule has 3 N–H and O–H groups in total. The maximum absolute atomic E-state index is 12.3. The summed E-state index contributed by atoms with van der Waals surface area (Å²) in [4.78, 5) is 34.5. The summed E-state index contributed by atoms with van der Waals surface area (Å²) in [5, 5.41) is 19.1. The first-order chi connectivity index (χ1) is 25.8. The minimum atomic E-state index is -4.63. The Morgan fingerprint density at radius 1 is 0.509 bits per heavy atom. The Bertz CT molecular complexity index is 941. The van der Waals surface area contributed by atoms with Gasteiger partial charge in [-0.15, -0.1) is 0 Å². The van der Waals surface area contributed by atoms with E-state index in [1.54, 1.807) is 0 Å². The average Bonchev–Trinajstić information content (AvgIpc) is 3.14. The molecule has 0 heterocycles. The fraction of sp³-hybridized carbons (Fsp3) is 0.857. The number of hydrogen-bond donors (Lipinski definition) is 3. The molecule has 0 aromatic rings. The van der Waals surface area contributed by atoms with Gasteiger partial charge < -0.3 is 24.6 Å². The van der Waals surface area contributed by atoms with Crippen LogP contribution < -0.4 is 0 Å². The molecular formula is C42H79O10P. The highest BCUT2D eigenvalue weighted by Gasteiger charge is 2.27. The second-order valence-electron chi connectivity index (χ2n) is 14.3. The number of rotatable bonds is 40. The molecule has 0 aliphatic heterocycles. The Kier molecular flexibility index (Phi) is 37.6. The van der Waals surface area contributed by atoms with E-state index in [2.05, 4.69) is 38.2 Å². The molecule has 11 heteroatoms. The van der Waals surface area contributed by atoms with Crippen LogP contribution in [-0.2, 0) is 32.7 Å². The van der Waals surface area contributed by atoms with E-state index in [0.717, 1.165) is 64.2 Å². The standard InChI is InChI=1S/C42H79O10P/c1-3-5-7-9-11-13-15-17-19-21-23-25-27-29-31-33-41(45)51-39(35-43)37-49-53(47,48)50-38-40(36-44)52-42(46)34-32-30-28-26-24-22-20-18-16-14-12-10-8-6-4-2/h11,13,17,19,39-40,43-44H,3-10,12,14-16,18,20-38H2,1-2H3,(H,47,48)/b13-11-,19-17-. The molecule has 0 saturated heterocycles. The van der Waals surface area contributed by atoms with Gasteiger partial charge in [0.25, 0.3) is 0 Å². The molecule has 0 spiro atoms.